The fourth-order valence-corrected chi connectivity index (χ4v) is 5.41. The molecule has 4 rings (SSSR count). The molecule has 1 aromatic heterocycles. The third-order valence-corrected chi connectivity index (χ3v) is 7.09. The molecule has 0 unspecified atom stereocenters. The number of hydrogen-bond donors (Lipinski definition) is 0. The quantitative estimate of drug-likeness (QED) is 0.672. The summed E-state index contributed by atoms with van der Waals surface area (Å²) >= 11 is 1.53. The van der Waals surface area contributed by atoms with Crippen LogP contribution in [0.3, 0.4) is 0 Å². The van der Waals surface area contributed by atoms with Crippen LogP contribution in [-0.2, 0) is 20.9 Å². The van der Waals surface area contributed by atoms with Crippen LogP contribution in [0.4, 0.5) is 0 Å². The number of fused-ring (bicyclic) bond motifs is 1. The first-order valence-corrected chi connectivity index (χ1v) is 10.7. The lowest BCUT2D eigenvalue weighted by molar-refractivity contribution is -0.142. The van der Waals surface area contributed by atoms with Gasteiger partial charge in [0.1, 0.15) is 10.6 Å². The van der Waals surface area contributed by atoms with Crippen molar-refractivity contribution in [2.75, 3.05) is 20.1 Å². The first kappa shape index (κ1) is 18.6. The summed E-state index contributed by atoms with van der Waals surface area (Å²) in [7, 11) is 1.79. The highest BCUT2D eigenvalue weighted by atomic mass is 32.1. The minimum Gasteiger partial charge on any atom is -0.360 e. The first-order valence-electron chi connectivity index (χ1n) is 9.78. The van der Waals surface area contributed by atoms with Crippen molar-refractivity contribution in [1.29, 1.82) is 0 Å². The number of nitrogens with zero attached hydrogens (tertiary/aromatic N) is 3. The Morgan fingerprint density at radius 2 is 2.26 bits per heavy atom. The molecule has 0 aromatic carbocycles. The standard InChI is InChI=1S/C20H27N3O3S/c1-4-13(5-2)10-23-12-20-7-6-14(26-20)16(17(20)19(23)25)18(24)22(3)11-15-21-8-9-27-15/h6-9,13-14,16-17H,4-5,10-12H2,1-3H3/t14-,16-,17+,20-/m0/s1. The van der Waals surface area contributed by atoms with Gasteiger partial charge in [0.2, 0.25) is 11.8 Å². The molecule has 2 bridgehead atoms. The topological polar surface area (TPSA) is 62.7 Å². The molecule has 3 aliphatic heterocycles. The first-order chi connectivity index (χ1) is 13.0. The Balaban J connectivity index is 1.53. The lowest BCUT2D eigenvalue weighted by atomic mass is 9.76. The molecule has 4 atom stereocenters. The zero-order valence-corrected chi connectivity index (χ0v) is 16.9. The number of thiazole rings is 1. The highest BCUT2D eigenvalue weighted by Gasteiger charge is 2.67. The molecular weight excluding hydrogens is 362 g/mol. The molecule has 27 heavy (non-hydrogen) atoms. The van der Waals surface area contributed by atoms with E-state index in [2.05, 4.69) is 18.8 Å². The monoisotopic (exact) mass is 389 g/mol. The zero-order valence-electron chi connectivity index (χ0n) is 16.1. The van der Waals surface area contributed by atoms with Crippen LogP contribution in [-0.4, -0.2) is 58.4 Å². The SMILES string of the molecule is CCC(CC)CN1C[C@]23C=C[C@H](O2)[C@H](C(=O)N(C)Cc2nccs2)[C@@H]3C1=O. The maximum atomic E-state index is 13.2. The van der Waals surface area contributed by atoms with E-state index in [1.165, 1.54) is 11.3 Å². The molecule has 6 nitrogen and oxygen atoms in total. The van der Waals surface area contributed by atoms with Crippen molar-refractivity contribution in [1.82, 2.24) is 14.8 Å². The van der Waals surface area contributed by atoms with Crippen molar-refractivity contribution in [3.8, 4) is 0 Å². The van der Waals surface area contributed by atoms with E-state index < -0.39 is 17.4 Å². The van der Waals surface area contributed by atoms with Crippen molar-refractivity contribution >= 4 is 23.2 Å². The van der Waals surface area contributed by atoms with Gasteiger partial charge in [0, 0.05) is 25.2 Å². The predicted octanol–water partition coefficient (Wildman–Crippen LogP) is 2.32. The Labute approximate surface area is 164 Å². The molecule has 1 spiro atoms. The van der Waals surface area contributed by atoms with E-state index in [1.54, 1.807) is 18.1 Å². The number of carbonyl (C=O) groups excluding carboxylic acids is 2. The van der Waals surface area contributed by atoms with Crippen LogP contribution >= 0.6 is 11.3 Å². The summed E-state index contributed by atoms with van der Waals surface area (Å²) in [6.07, 6.45) is 7.56. The van der Waals surface area contributed by atoms with E-state index in [0.29, 0.717) is 19.0 Å². The summed E-state index contributed by atoms with van der Waals surface area (Å²) in [5.41, 5.74) is -0.615. The average molecular weight is 390 g/mol. The number of rotatable bonds is 7. The van der Waals surface area contributed by atoms with Crippen LogP contribution in [0.15, 0.2) is 23.7 Å². The third kappa shape index (κ3) is 3.01. The van der Waals surface area contributed by atoms with Gasteiger partial charge in [-0.2, -0.15) is 0 Å². The molecule has 0 aliphatic carbocycles. The van der Waals surface area contributed by atoms with E-state index in [1.807, 2.05) is 22.4 Å². The number of carbonyl (C=O) groups is 2. The number of ether oxygens (including phenoxy) is 1. The minimum absolute atomic E-state index is 0.0239. The smallest absolute Gasteiger partial charge is 0.230 e. The van der Waals surface area contributed by atoms with Crippen LogP contribution < -0.4 is 0 Å². The van der Waals surface area contributed by atoms with Gasteiger partial charge < -0.3 is 14.5 Å². The van der Waals surface area contributed by atoms with Gasteiger partial charge in [0.25, 0.3) is 0 Å². The molecule has 0 N–H and O–H groups in total. The molecule has 2 fully saturated rings. The molecule has 0 radical (unpaired) electrons. The van der Waals surface area contributed by atoms with Crippen LogP contribution in [0.25, 0.3) is 0 Å². The van der Waals surface area contributed by atoms with Gasteiger partial charge in [-0.25, -0.2) is 4.98 Å². The van der Waals surface area contributed by atoms with Crippen LogP contribution in [0.5, 0.6) is 0 Å². The Morgan fingerprint density at radius 3 is 2.93 bits per heavy atom. The second kappa shape index (κ2) is 7.02. The van der Waals surface area contributed by atoms with Crippen LogP contribution in [0.1, 0.15) is 31.7 Å². The summed E-state index contributed by atoms with van der Waals surface area (Å²) < 4.78 is 6.22. The fraction of sp³-hybridized carbons (Fsp3) is 0.650. The van der Waals surface area contributed by atoms with Crippen molar-refractivity contribution < 1.29 is 14.3 Å². The summed E-state index contributed by atoms with van der Waals surface area (Å²) in [5, 5.41) is 2.80. The Bertz CT molecular complexity index is 746. The Kier molecular flexibility index (Phi) is 4.84. The van der Waals surface area contributed by atoms with Crippen LogP contribution in [0, 0.1) is 17.8 Å². The molecule has 2 saturated heterocycles. The zero-order chi connectivity index (χ0) is 19.2. The maximum absolute atomic E-state index is 13.2. The molecule has 0 saturated carbocycles. The van der Waals surface area contributed by atoms with Gasteiger partial charge in [-0.15, -0.1) is 11.3 Å². The van der Waals surface area contributed by atoms with Gasteiger partial charge in [-0.3, -0.25) is 9.59 Å². The summed E-state index contributed by atoms with van der Waals surface area (Å²) in [5.74, 6) is -0.279. The van der Waals surface area contributed by atoms with E-state index in [0.717, 1.165) is 24.4 Å². The van der Waals surface area contributed by atoms with E-state index >= 15 is 0 Å². The third-order valence-electron chi connectivity index (χ3n) is 6.33. The van der Waals surface area contributed by atoms with Crippen molar-refractivity contribution in [3.63, 3.8) is 0 Å². The average Bonchev–Trinajstić information content (AvgIpc) is 3.42. The molecular formula is C20H27N3O3S. The normalized spacial score (nSPS) is 31.2. The Morgan fingerprint density at radius 1 is 1.48 bits per heavy atom. The van der Waals surface area contributed by atoms with E-state index in [-0.39, 0.29) is 17.9 Å². The fourth-order valence-electron chi connectivity index (χ4n) is 4.74. The Hall–Kier alpha value is -1.73. The van der Waals surface area contributed by atoms with Crippen molar-refractivity contribution in [2.45, 2.75) is 44.9 Å². The van der Waals surface area contributed by atoms with E-state index in [4.69, 9.17) is 4.74 Å². The number of amides is 2. The number of aromatic nitrogens is 1. The second-order valence-electron chi connectivity index (χ2n) is 7.92. The summed E-state index contributed by atoms with van der Waals surface area (Å²) in [6, 6.07) is 0. The van der Waals surface area contributed by atoms with Gasteiger partial charge in [-0.05, 0) is 5.92 Å². The second-order valence-corrected chi connectivity index (χ2v) is 8.90. The lowest BCUT2D eigenvalue weighted by Gasteiger charge is -2.27. The minimum atomic E-state index is -0.615. The molecule has 2 amide bonds. The summed E-state index contributed by atoms with van der Waals surface area (Å²) in [4.78, 5) is 34.3. The van der Waals surface area contributed by atoms with Crippen LogP contribution in [0.2, 0.25) is 0 Å². The van der Waals surface area contributed by atoms with Gasteiger partial charge >= 0.3 is 0 Å². The lowest BCUT2D eigenvalue weighted by Crippen LogP contribution is -2.44. The van der Waals surface area contributed by atoms with E-state index in [9.17, 15) is 9.59 Å². The largest absolute Gasteiger partial charge is 0.360 e. The van der Waals surface area contributed by atoms with Gasteiger partial charge in [0.05, 0.1) is 31.0 Å². The molecule has 4 heterocycles. The maximum Gasteiger partial charge on any atom is 0.230 e. The highest BCUT2D eigenvalue weighted by Crippen LogP contribution is 2.52. The van der Waals surface area contributed by atoms with Gasteiger partial charge in [0.15, 0.2) is 0 Å². The molecule has 1 aromatic rings. The van der Waals surface area contributed by atoms with Gasteiger partial charge in [-0.1, -0.05) is 38.8 Å². The predicted molar refractivity (Wildman–Crippen MR) is 103 cm³/mol. The summed E-state index contributed by atoms with van der Waals surface area (Å²) in [6.45, 7) is 6.11. The van der Waals surface area contributed by atoms with Crippen molar-refractivity contribution in [2.24, 2.45) is 17.8 Å². The highest BCUT2D eigenvalue weighted by molar-refractivity contribution is 7.09. The van der Waals surface area contributed by atoms with Crippen molar-refractivity contribution in [3.05, 3.63) is 28.7 Å². The molecule has 146 valence electrons. The molecule has 3 aliphatic rings. The number of likely N-dealkylation sites (tertiary alicyclic amines) is 1. The molecule has 7 heteroatoms. The number of hydrogen-bond acceptors (Lipinski definition) is 5.